The highest BCUT2D eigenvalue weighted by molar-refractivity contribution is 5.94. The zero-order valence-electron chi connectivity index (χ0n) is 18.0. The van der Waals surface area contributed by atoms with Crippen LogP contribution in [0.3, 0.4) is 0 Å². The number of rotatable bonds is 8. The van der Waals surface area contributed by atoms with Crippen LogP contribution in [0.15, 0.2) is 36.5 Å². The van der Waals surface area contributed by atoms with Crippen LogP contribution in [0.2, 0.25) is 0 Å². The van der Waals surface area contributed by atoms with Gasteiger partial charge in [0.2, 0.25) is 5.91 Å². The van der Waals surface area contributed by atoms with Gasteiger partial charge in [0.1, 0.15) is 5.75 Å². The Balaban J connectivity index is 1.65. The lowest BCUT2D eigenvalue weighted by atomic mass is 10.1. The van der Waals surface area contributed by atoms with E-state index in [-0.39, 0.29) is 36.7 Å². The number of nitrogens with two attached hydrogens (primary N) is 1. The lowest BCUT2D eigenvalue weighted by Gasteiger charge is -2.20. The van der Waals surface area contributed by atoms with Gasteiger partial charge in [-0.15, -0.1) is 13.2 Å². The summed E-state index contributed by atoms with van der Waals surface area (Å²) in [6.07, 6.45) is -5.87. The molecule has 1 aliphatic heterocycles. The van der Waals surface area contributed by atoms with E-state index in [1.807, 2.05) is 0 Å². The molecule has 1 aromatic carbocycles. The number of pyridine rings is 1. The van der Waals surface area contributed by atoms with Gasteiger partial charge in [0.15, 0.2) is 17.7 Å². The van der Waals surface area contributed by atoms with Crippen molar-refractivity contribution in [1.82, 2.24) is 15.2 Å². The summed E-state index contributed by atoms with van der Waals surface area (Å²) >= 11 is 0. The van der Waals surface area contributed by atoms with Crippen molar-refractivity contribution in [3.05, 3.63) is 47.7 Å². The number of nitrogen functional groups attached to an aromatic ring is 1. The Bertz CT molecular complexity index is 1070. The van der Waals surface area contributed by atoms with Crippen molar-refractivity contribution in [1.29, 1.82) is 0 Å². The SMILES string of the molecule is Nc1ncc(C(=O)NCCO)cc1O[C@H]1CN(C(=O)Cc2ccc(OC(F)(F)F)cc2)CC1(F)F. The number of hydrogen-bond acceptors (Lipinski definition) is 7. The highest BCUT2D eigenvalue weighted by Gasteiger charge is 2.51. The van der Waals surface area contributed by atoms with Gasteiger partial charge >= 0.3 is 12.3 Å². The predicted octanol–water partition coefficient (Wildman–Crippen LogP) is 1.75. The number of alkyl halides is 5. The number of amides is 2. The number of hydrogen-bond donors (Lipinski definition) is 3. The first-order valence-electron chi connectivity index (χ1n) is 10.2. The van der Waals surface area contributed by atoms with E-state index in [0.29, 0.717) is 5.56 Å². The molecule has 4 N–H and O–H groups in total. The van der Waals surface area contributed by atoms with Gasteiger partial charge in [-0.25, -0.2) is 13.8 Å². The largest absolute Gasteiger partial charge is 0.573 e. The maximum Gasteiger partial charge on any atom is 0.573 e. The molecule has 2 heterocycles. The molecule has 1 fully saturated rings. The van der Waals surface area contributed by atoms with Crippen LogP contribution in [0.4, 0.5) is 27.8 Å². The van der Waals surface area contributed by atoms with E-state index in [9.17, 15) is 31.5 Å². The summed E-state index contributed by atoms with van der Waals surface area (Å²) < 4.78 is 75.0. The third kappa shape index (κ3) is 6.91. The zero-order valence-corrected chi connectivity index (χ0v) is 18.0. The second kappa shape index (κ2) is 10.3. The van der Waals surface area contributed by atoms with Crippen molar-refractivity contribution in [2.45, 2.75) is 24.8 Å². The van der Waals surface area contributed by atoms with Crippen molar-refractivity contribution in [2.24, 2.45) is 0 Å². The number of nitrogens with zero attached hydrogens (tertiary/aromatic N) is 2. The minimum absolute atomic E-state index is 0.0325. The van der Waals surface area contributed by atoms with Gasteiger partial charge in [0, 0.05) is 12.7 Å². The van der Waals surface area contributed by atoms with Crippen LogP contribution < -0.4 is 20.5 Å². The minimum Gasteiger partial charge on any atom is -0.478 e. The molecule has 0 saturated carbocycles. The fourth-order valence-electron chi connectivity index (χ4n) is 3.26. The first kappa shape index (κ1) is 25.9. The molecule has 1 aromatic heterocycles. The smallest absolute Gasteiger partial charge is 0.478 e. The first-order chi connectivity index (χ1) is 16.4. The number of carbonyl (C=O) groups excluding carboxylic acids is 2. The van der Waals surface area contributed by atoms with Gasteiger partial charge in [0.25, 0.3) is 5.91 Å². The van der Waals surface area contributed by atoms with E-state index in [0.717, 1.165) is 29.3 Å². The summed E-state index contributed by atoms with van der Waals surface area (Å²) in [5.41, 5.74) is 5.96. The molecule has 0 radical (unpaired) electrons. The van der Waals surface area contributed by atoms with Crippen LogP contribution >= 0.6 is 0 Å². The summed E-state index contributed by atoms with van der Waals surface area (Å²) in [4.78, 5) is 29.2. The second-order valence-electron chi connectivity index (χ2n) is 7.60. The Hall–Kier alpha value is -3.68. The molecule has 0 spiro atoms. The summed E-state index contributed by atoms with van der Waals surface area (Å²) in [6, 6.07) is 5.60. The number of aliphatic hydroxyl groups is 1. The van der Waals surface area contributed by atoms with Crippen LogP contribution in [-0.2, 0) is 11.2 Å². The van der Waals surface area contributed by atoms with Gasteiger partial charge < -0.3 is 30.5 Å². The van der Waals surface area contributed by atoms with Crippen LogP contribution in [0.5, 0.6) is 11.5 Å². The molecule has 1 aliphatic rings. The van der Waals surface area contributed by atoms with Crippen LogP contribution in [-0.4, -0.2) is 71.4 Å². The summed E-state index contributed by atoms with van der Waals surface area (Å²) in [7, 11) is 0. The van der Waals surface area contributed by atoms with Gasteiger partial charge in [-0.3, -0.25) is 9.59 Å². The van der Waals surface area contributed by atoms with E-state index < -0.39 is 49.0 Å². The maximum absolute atomic E-state index is 14.6. The fraction of sp³-hybridized carbons (Fsp3) is 0.381. The molecule has 2 aromatic rings. The molecule has 0 unspecified atom stereocenters. The Labute approximate surface area is 195 Å². The van der Waals surface area contributed by atoms with Gasteiger partial charge in [-0.2, -0.15) is 0 Å². The molecule has 2 amide bonds. The Morgan fingerprint density at radius 3 is 2.57 bits per heavy atom. The summed E-state index contributed by atoms with van der Waals surface area (Å²) in [5.74, 6) is -5.78. The molecule has 3 rings (SSSR count). The average Bonchev–Trinajstić information content (AvgIpc) is 3.08. The number of aromatic nitrogens is 1. The lowest BCUT2D eigenvalue weighted by molar-refractivity contribution is -0.274. The highest BCUT2D eigenvalue weighted by Crippen LogP contribution is 2.33. The number of nitrogens with one attached hydrogen (secondary N) is 1. The fourth-order valence-corrected chi connectivity index (χ4v) is 3.26. The molecule has 9 nitrogen and oxygen atoms in total. The lowest BCUT2D eigenvalue weighted by Crippen LogP contribution is -2.36. The van der Waals surface area contributed by atoms with E-state index >= 15 is 0 Å². The first-order valence-corrected chi connectivity index (χ1v) is 10.2. The maximum atomic E-state index is 14.6. The Morgan fingerprint density at radius 1 is 1.26 bits per heavy atom. The normalized spacial score (nSPS) is 17.2. The highest BCUT2D eigenvalue weighted by atomic mass is 19.4. The predicted molar refractivity (Wildman–Crippen MR) is 111 cm³/mol. The third-order valence-corrected chi connectivity index (χ3v) is 4.93. The Morgan fingerprint density at radius 2 is 1.94 bits per heavy atom. The number of ether oxygens (including phenoxy) is 2. The van der Waals surface area contributed by atoms with Crippen molar-refractivity contribution < 1.29 is 46.1 Å². The number of aliphatic hydroxyl groups excluding tert-OH is 1. The molecule has 1 atom stereocenters. The van der Waals surface area contributed by atoms with E-state index in [4.69, 9.17) is 15.6 Å². The molecule has 0 bridgehead atoms. The molecular weight excluding hydrogens is 483 g/mol. The quantitative estimate of drug-likeness (QED) is 0.468. The standard InChI is InChI=1S/C21H21F5N4O5/c22-20(23)11-30(17(32)7-12-1-3-14(4-2-12)35-21(24,25)26)10-16(20)34-15-8-13(9-29-18(15)27)19(33)28-5-6-31/h1-4,8-9,16,31H,5-7,10-11H2,(H2,27,29)(H,28,33)/t16-/m0/s1. The van der Waals surface area contributed by atoms with E-state index in [1.165, 1.54) is 12.1 Å². The molecule has 35 heavy (non-hydrogen) atoms. The van der Waals surface area contributed by atoms with Crippen molar-refractivity contribution in [2.75, 3.05) is 32.0 Å². The molecule has 0 aliphatic carbocycles. The molecular formula is C21H21F5N4O5. The average molecular weight is 504 g/mol. The minimum atomic E-state index is -4.87. The van der Waals surface area contributed by atoms with Crippen molar-refractivity contribution in [3.8, 4) is 11.5 Å². The van der Waals surface area contributed by atoms with Crippen molar-refractivity contribution in [3.63, 3.8) is 0 Å². The van der Waals surface area contributed by atoms with E-state index in [1.54, 1.807) is 0 Å². The zero-order chi connectivity index (χ0) is 25.8. The number of likely N-dealkylation sites (tertiary alicyclic amines) is 1. The van der Waals surface area contributed by atoms with Gasteiger partial charge in [0.05, 0.1) is 31.7 Å². The molecule has 1 saturated heterocycles. The van der Waals surface area contributed by atoms with Gasteiger partial charge in [-0.1, -0.05) is 12.1 Å². The molecule has 190 valence electrons. The second-order valence-corrected chi connectivity index (χ2v) is 7.60. The topological polar surface area (TPSA) is 127 Å². The number of anilines is 1. The monoisotopic (exact) mass is 504 g/mol. The van der Waals surface area contributed by atoms with Crippen LogP contribution in [0.25, 0.3) is 0 Å². The van der Waals surface area contributed by atoms with Crippen LogP contribution in [0.1, 0.15) is 15.9 Å². The molecule has 14 heteroatoms. The number of carbonyl (C=O) groups is 2. The van der Waals surface area contributed by atoms with Crippen LogP contribution in [0, 0.1) is 0 Å². The van der Waals surface area contributed by atoms with E-state index in [2.05, 4.69) is 15.0 Å². The summed E-state index contributed by atoms with van der Waals surface area (Å²) in [6.45, 7) is -1.78. The van der Waals surface area contributed by atoms with Gasteiger partial charge in [-0.05, 0) is 23.8 Å². The Kier molecular flexibility index (Phi) is 7.63. The number of benzene rings is 1. The number of halogens is 5. The third-order valence-electron chi connectivity index (χ3n) is 4.93. The summed E-state index contributed by atoms with van der Waals surface area (Å²) in [5, 5.41) is 11.2. The van der Waals surface area contributed by atoms with Crippen molar-refractivity contribution >= 4 is 17.6 Å².